The van der Waals surface area contributed by atoms with Gasteiger partial charge in [-0.05, 0) is 74.2 Å². The van der Waals surface area contributed by atoms with E-state index in [2.05, 4.69) is 10.3 Å². The van der Waals surface area contributed by atoms with Gasteiger partial charge in [0.05, 0.1) is 6.33 Å². The number of esters is 1. The lowest BCUT2D eigenvalue weighted by Gasteiger charge is -2.24. The van der Waals surface area contributed by atoms with E-state index in [1.54, 1.807) is 63.6 Å². The molecule has 2 aromatic carbocycles. The van der Waals surface area contributed by atoms with Gasteiger partial charge in [-0.15, -0.1) is 0 Å². The fourth-order valence-electron chi connectivity index (χ4n) is 3.58. The van der Waals surface area contributed by atoms with E-state index in [1.807, 2.05) is 22.9 Å². The molecule has 0 unspecified atom stereocenters. The molecule has 0 fully saturated rings. The SMILES string of the molecule is CC(C)(C)OC(=O)[C@H](CCC(N)=O)NC(=O)c1cccc(/C=C(/Cn2ccnc2)c2ccc(F)cc2)c1. The van der Waals surface area contributed by atoms with Gasteiger partial charge in [0, 0.05) is 30.9 Å². The van der Waals surface area contributed by atoms with E-state index in [9.17, 15) is 18.8 Å². The first kappa shape index (κ1) is 27.3. The van der Waals surface area contributed by atoms with Crippen LogP contribution in [0.2, 0.25) is 0 Å². The summed E-state index contributed by atoms with van der Waals surface area (Å²) in [6, 6.07) is 12.0. The smallest absolute Gasteiger partial charge is 0.329 e. The molecule has 3 N–H and O–H groups in total. The number of hydrogen-bond acceptors (Lipinski definition) is 5. The number of rotatable bonds is 10. The van der Waals surface area contributed by atoms with Crippen molar-refractivity contribution in [3.05, 3.63) is 89.8 Å². The summed E-state index contributed by atoms with van der Waals surface area (Å²) in [5, 5.41) is 2.67. The van der Waals surface area contributed by atoms with Gasteiger partial charge in [-0.25, -0.2) is 14.2 Å². The van der Waals surface area contributed by atoms with E-state index in [-0.39, 0.29) is 18.7 Å². The summed E-state index contributed by atoms with van der Waals surface area (Å²) >= 11 is 0. The Labute approximate surface area is 215 Å². The zero-order valence-corrected chi connectivity index (χ0v) is 21.1. The molecule has 0 bridgehead atoms. The Bertz CT molecular complexity index is 1260. The van der Waals surface area contributed by atoms with Gasteiger partial charge in [0.1, 0.15) is 17.5 Å². The minimum absolute atomic E-state index is 0.0230. The highest BCUT2D eigenvalue weighted by molar-refractivity contribution is 5.97. The van der Waals surface area contributed by atoms with Crippen LogP contribution in [0.4, 0.5) is 4.39 Å². The monoisotopic (exact) mass is 506 g/mol. The van der Waals surface area contributed by atoms with Crippen LogP contribution >= 0.6 is 0 Å². The van der Waals surface area contributed by atoms with Crippen molar-refractivity contribution >= 4 is 29.4 Å². The molecule has 0 saturated carbocycles. The zero-order chi connectivity index (χ0) is 27.0. The number of amides is 2. The minimum atomic E-state index is -1.03. The van der Waals surface area contributed by atoms with E-state index in [4.69, 9.17) is 10.5 Å². The molecule has 1 atom stereocenters. The molecule has 0 spiro atoms. The van der Waals surface area contributed by atoms with Crippen molar-refractivity contribution in [1.29, 1.82) is 0 Å². The average Bonchev–Trinajstić information content (AvgIpc) is 3.34. The van der Waals surface area contributed by atoms with Crippen molar-refractivity contribution in [2.75, 3.05) is 0 Å². The van der Waals surface area contributed by atoms with E-state index in [0.717, 1.165) is 16.7 Å². The molecule has 194 valence electrons. The molecule has 1 aromatic heterocycles. The van der Waals surface area contributed by atoms with Gasteiger partial charge in [-0.1, -0.05) is 24.3 Å². The maximum absolute atomic E-state index is 13.5. The number of ether oxygens (including phenoxy) is 1. The predicted molar refractivity (Wildman–Crippen MR) is 138 cm³/mol. The second-order valence-electron chi connectivity index (χ2n) is 9.60. The van der Waals surface area contributed by atoms with Gasteiger partial charge in [0.25, 0.3) is 5.91 Å². The van der Waals surface area contributed by atoms with Crippen molar-refractivity contribution in [3.8, 4) is 0 Å². The Hall–Kier alpha value is -4.27. The number of nitrogens with two attached hydrogens (primary N) is 1. The lowest BCUT2D eigenvalue weighted by Crippen LogP contribution is -2.44. The van der Waals surface area contributed by atoms with E-state index in [1.165, 1.54) is 12.1 Å². The first-order chi connectivity index (χ1) is 17.5. The molecule has 3 rings (SSSR count). The van der Waals surface area contributed by atoms with Crippen LogP contribution in [0.1, 0.15) is 55.1 Å². The molecule has 37 heavy (non-hydrogen) atoms. The summed E-state index contributed by atoms with van der Waals surface area (Å²) in [7, 11) is 0. The molecule has 3 aromatic rings. The summed E-state index contributed by atoms with van der Waals surface area (Å²) in [6.45, 7) is 5.64. The molecule has 2 amide bonds. The summed E-state index contributed by atoms with van der Waals surface area (Å²) in [5.74, 6) is -2.05. The summed E-state index contributed by atoms with van der Waals surface area (Å²) < 4.78 is 20.8. The van der Waals surface area contributed by atoms with Crippen molar-refractivity contribution in [1.82, 2.24) is 14.9 Å². The number of carbonyl (C=O) groups is 3. The summed E-state index contributed by atoms with van der Waals surface area (Å²) in [4.78, 5) is 41.1. The largest absolute Gasteiger partial charge is 0.458 e. The van der Waals surface area contributed by atoms with Crippen molar-refractivity contribution in [2.45, 2.75) is 51.8 Å². The number of hydrogen-bond donors (Lipinski definition) is 2. The first-order valence-electron chi connectivity index (χ1n) is 11.8. The number of carbonyl (C=O) groups excluding carboxylic acids is 3. The van der Waals surface area contributed by atoms with Crippen molar-refractivity contribution in [2.24, 2.45) is 5.73 Å². The number of nitrogens with one attached hydrogen (secondary N) is 1. The predicted octanol–water partition coefficient (Wildman–Crippen LogP) is 3.97. The molecule has 0 aliphatic rings. The number of primary amides is 1. The fraction of sp³-hybridized carbons (Fsp3) is 0.286. The second-order valence-corrected chi connectivity index (χ2v) is 9.60. The Morgan fingerprint density at radius 2 is 1.86 bits per heavy atom. The fourth-order valence-corrected chi connectivity index (χ4v) is 3.58. The third-order valence-corrected chi connectivity index (χ3v) is 5.29. The van der Waals surface area contributed by atoms with Crippen LogP contribution in [0, 0.1) is 5.82 Å². The average molecular weight is 507 g/mol. The lowest BCUT2D eigenvalue weighted by molar-refractivity contribution is -0.157. The van der Waals surface area contributed by atoms with Crippen LogP contribution in [0.3, 0.4) is 0 Å². The quantitative estimate of drug-likeness (QED) is 0.319. The van der Waals surface area contributed by atoms with Gasteiger partial charge < -0.3 is 20.4 Å². The normalized spacial score (nSPS) is 12.6. The van der Waals surface area contributed by atoms with Crippen LogP contribution in [0.15, 0.2) is 67.3 Å². The van der Waals surface area contributed by atoms with Crippen molar-refractivity contribution in [3.63, 3.8) is 0 Å². The number of allylic oxidation sites excluding steroid dienone is 1. The maximum Gasteiger partial charge on any atom is 0.329 e. The highest BCUT2D eigenvalue weighted by Gasteiger charge is 2.27. The number of aromatic nitrogens is 2. The Morgan fingerprint density at radius 1 is 1.14 bits per heavy atom. The van der Waals surface area contributed by atoms with Crippen LogP contribution in [0.25, 0.3) is 11.6 Å². The molecular weight excluding hydrogens is 475 g/mol. The number of imidazole rings is 1. The van der Waals surface area contributed by atoms with Gasteiger partial charge in [0.2, 0.25) is 5.91 Å². The molecule has 0 aliphatic heterocycles. The van der Waals surface area contributed by atoms with Crippen LogP contribution in [-0.2, 0) is 20.9 Å². The van der Waals surface area contributed by atoms with Gasteiger partial charge >= 0.3 is 5.97 Å². The molecule has 0 radical (unpaired) electrons. The van der Waals surface area contributed by atoms with Gasteiger partial charge in [0.15, 0.2) is 0 Å². The number of nitrogens with zero attached hydrogens (tertiary/aromatic N) is 2. The second kappa shape index (κ2) is 12.1. The van der Waals surface area contributed by atoms with Gasteiger partial charge in [-0.2, -0.15) is 0 Å². The topological polar surface area (TPSA) is 116 Å². The Kier molecular flexibility index (Phi) is 8.95. The molecule has 9 heteroatoms. The first-order valence-corrected chi connectivity index (χ1v) is 11.8. The summed E-state index contributed by atoms with van der Waals surface area (Å²) in [5.41, 5.74) is 7.24. The molecule has 8 nitrogen and oxygen atoms in total. The molecule has 0 saturated heterocycles. The molecular formula is C28H31FN4O4. The molecule has 1 heterocycles. The standard InChI is InChI=1S/C28H31FN4O4/c1-28(2,3)37-27(36)24(11-12-25(30)34)32-26(35)21-6-4-5-19(15-21)16-22(17-33-14-13-31-18-33)20-7-9-23(29)10-8-20/h4-10,13-16,18,24H,11-12,17H2,1-3H3,(H2,30,34)(H,32,35)/b22-16-/t24-/m0/s1. The van der Waals surface area contributed by atoms with Crippen LogP contribution in [-0.4, -0.2) is 39.0 Å². The zero-order valence-electron chi connectivity index (χ0n) is 21.1. The van der Waals surface area contributed by atoms with E-state index in [0.29, 0.717) is 12.1 Å². The maximum atomic E-state index is 13.5. The molecule has 0 aliphatic carbocycles. The minimum Gasteiger partial charge on any atom is -0.458 e. The van der Waals surface area contributed by atoms with Gasteiger partial charge in [-0.3, -0.25) is 9.59 Å². The van der Waals surface area contributed by atoms with Crippen LogP contribution in [0.5, 0.6) is 0 Å². The number of benzene rings is 2. The highest BCUT2D eigenvalue weighted by Crippen LogP contribution is 2.22. The Morgan fingerprint density at radius 3 is 2.49 bits per heavy atom. The number of halogens is 1. The third-order valence-electron chi connectivity index (χ3n) is 5.29. The van der Waals surface area contributed by atoms with Crippen LogP contribution < -0.4 is 11.1 Å². The van der Waals surface area contributed by atoms with Crippen molar-refractivity contribution < 1.29 is 23.5 Å². The summed E-state index contributed by atoms with van der Waals surface area (Å²) in [6.07, 6.45) is 7.03. The highest BCUT2D eigenvalue weighted by atomic mass is 19.1. The van der Waals surface area contributed by atoms with E-state index >= 15 is 0 Å². The lowest BCUT2D eigenvalue weighted by atomic mass is 10.0. The Balaban J connectivity index is 1.85. The van der Waals surface area contributed by atoms with E-state index < -0.39 is 29.4 Å². The third kappa shape index (κ3) is 8.71.